The second-order valence-corrected chi connectivity index (χ2v) is 5.39. The molecule has 1 nitrogen and oxygen atoms in total. The Balaban J connectivity index is 2.08. The van der Waals surface area contributed by atoms with Crippen molar-refractivity contribution in [2.75, 3.05) is 18.8 Å². The molecule has 2 heteroatoms. The molecule has 1 N–H and O–H groups in total. The Morgan fingerprint density at radius 2 is 2.27 bits per heavy atom. The minimum atomic E-state index is 0.255. The van der Waals surface area contributed by atoms with Crippen LogP contribution in [0.25, 0.3) is 0 Å². The molecule has 0 saturated carbocycles. The van der Waals surface area contributed by atoms with Crippen molar-refractivity contribution >= 4 is 11.8 Å². The Morgan fingerprint density at radius 3 is 3.27 bits per heavy atom. The van der Waals surface area contributed by atoms with Gasteiger partial charge in [-0.25, -0.2) is 0 Å². The summed E-state index contributed by atoms with van der Waals surface area (Å²) in [5.41, 5.74) is 1.73. The van der Waals surface area contributed by atoms with Crippen molar-refractivity contribution in [3.63, 3.8) is 0 Å². The molecule has 3 rings (SSSR count). The normalized spacial score (nSPS) is 33.6. The van der Waals surface area contributed by atoms with E-state index in [1.54, 1.807) is 4.91 Å². The predicted octanol–water partition coefficient (Wildman–Crippen LogP) is 2.65. The van der Waals surface area contributed by atoms with Crippen molar-refractivity contribution < 1.29 is 0 Å². The second-order valence-electron chi connectivity index (χ2n) is 4.25. The van der Waals surface area contributed by atoms with E-state index in [0.717, 1.165) is 19.5 Å². The maximum Gasteiger partial charge on any atom is 0.0421 e. The van der Waals surface area contributed by atoms with E-state index in [0.29, 0.717) is 0 Å². The number of hydrogen-bond donors (Lipinski definition) is 1. The lowest BCUT2D eigenvalue weighted by Crippen LogP contribution is -2.36. The monoisotopic (exact) mass is 217 g/mol. The van der Waals surface area contributed by atoms with Gasteiger partial charge in [0.25, 0.3) is 0 Å². The molecule has 0 aromatic heterocycles. The first-order chi connectivity index (χ1) is 7.42. The van der Waals surface area contributed by atoms with Crippen LogP contribution in [0.3, 0.4) is 0 Å². The summed E-state index contributed by atoms with van der Waals surface area (Å²) in [5.74, 6) is 1.19. The van der Waals surface area contributed by atoms with E-state index in [4.69, 9.17) is 0 Å². The first kappa shape index (κ1) is 9.49. The van der Waals surface area contributed by atoms with E-state index >= 15 is 0 Å². The van der Waals surface area contributed by atoms with Crippen molar-refractivity contribution in [3.8, 4) is 0 Å². The van der Waals surface area contributed by atoms with Gasteiger partial charge in [0.1, 0.15) is 0 Å². The van der Waals surface area contributed by atoms with Gasteiger partial charge in [0, 0.05) is 24.3 Å². The van der Waals surface area contributed by atoms with Gasteiger partial charge >= 0.3 is 0 Å². The van der Waals surface area contributed by atoms with Crippen LogP contribution in [-0.2, 0) is 0 Å². The summed E-state index contributed by atoms with van der Waals surface area (Å²) in [6.07, 6.45) is 14.6. The average molecular weight is 217 g/mol. The predicted molar refractivity (Wildman–Crippen MR) is 66.8 cm³/mol. The molecule has 1 atom stereocenters. The number of nitrogens with one attached hydrogen (secondary N) is 1. The molecule has 15 heavy (non-hydrogen) atoms. The molecule has 2 aliphatic carbocycles. The van der Waals surface area contributed by atoms with Gasteiger partial charge in [0.15, 0.2) is 0 Å². The molecule has 0 aromatic carbocycles. The quantitative estimate of drug-likeness (QED) is 0.669. The summed E-state index contributed by atoms with van der Waals surface area (Å²) >= 11 is 2.02. The van der Waals surface area contributed by atoms with Crippen molar-refractivity contribution in [3.05, 3.63) is 46.9 Å². The third-order valence-electron chi connectivity index (χ3n) is 3.39. The molecule has 1 heterocycles. The maximum atomic E-state index is 3.57. The van der Waals surface area contributed by atoms with Crippen molar-refractivity contribution in [1.82, 2.24) is 5.32 Å². The molecule has 0 radical (unpaired) electrons. The second kappa shape index (κ2) is 3.69. The van der Waals surface area contributed by atoms with Gasteiger partial charge in [-0.05, 0) is 16.9 Å². The lowest BCUT2D eigenvalue weighted by Gasteiger charge is -2.38. The van der Waals surface area contributed by atoms with Gasteiger partial charge in [-0.15, -0.1) is 11.8 Å². The van der Waals surface area contributed by atoms with Gasteiger partial charge in [0.05, 0.1) is 0 Å². The van der Waals surface area contributed by atoms with Crippen LogP contribution < -0.4 is 5.32 Å². The SMILES string of the molecule is C1=CCC23CNCCSC2=CC=CC3=C1. The fourth-order valence-corrected chi connectivity index (χ4v) is 3.75. The van der Waals surface area contributed by atoms with Crippen LogP contribution in [0.15, 0.2) is 46.9 Å². The molecule has 1 fully saturated rings. The van der Waals surface area contributed by atoms with Crippen LogP contribution in [-0.4, -0.2) is 18.8 Å². The molecule has 1 aliphatic heterocycles. The zero-order valence-electron chi connectivity index (χ0n) is 8.70. The van der Waals surface area contributed by atoms with E-state index in [-0.39, 0.29) is 5.41 Å². The third-order valence-corrected chi connectivity index (χ3v) is 4.64. The molecule has 0 aromatic rings. The minimum Gasteiger partial charge on any atom is -0.315 e. The van der Waals surface area contributed by atoms with E-state index < -0.39 is 0 Å². The van der Waals surface area contributed by atoms with Gasteiger partial charge in [-0.2, -0.15) is 0 Å². The summed E-state index contributed by atoms with van der Waals surface area (Å²) in [4.78, 5) is 1.55. The molecule has 1 unspecified atom stereocenters. The number of allylic oxidation sites excluding steroid dienone is 6. The molecular formula is C13H15NS. The van der Waals surface area contributed by atoms with Crippen LogP contribution in [0.5, 0.6) is 0 Å². The van der Waals surface area contributed by atoms with Crippen LogP contribution in [0, 0.1) is 5.41 Å². The Kier molecular flexibility index (Phi) is 2.33. The zero-order chi connectivity index (χ0) is 10.1. The molecule has 0 amide bonds. The smallest absolute Gasteiger partial charge is 0.0421 e. The fraction of sp³-hybridized carbons (Fsp3) is 0.385. The van der Waals surface area contributed by atoms with Crippen molar-refractivity contribution in [1.29, 1.82) is 0 Å². The van der Waals surface area contributed by atoms with Crippen molar-refractivity contribution in [2.45, 2.75) is 6.42 Å². The maximum absolute atomic E-state index is 3.57. The summed E-state index contributed by atoms with van der Waals surface area (Å²) in [7, 11) is 0. The highest BCUT2D eigenvalue weighted by atomic mass is 32.2. The highest BCUT2D eigenvalue weighted by molar-refractivity contribution is 8.03. The summed E-state index contributed by atoms with van der Waals surface area (Å²) in [6.45, 7) is 2.22. The van der Waals surface area contributed by atoms with Crippen LogP contribution in [0.1, 0.15) is 6.42 Å². The average Bonchev–Trinajstić information content (AvgIpc) is 2.49. The van der Waals surface area contributed by atoms with Crippen molar-refractivity contribution in [2.24, 2.45) is 5.41 Å². The Bertz CT molecular complexity index is 389. The van der Waals surface area contributed by atoms with Gasteiger partial charge in [-0.3, -0.25) is 0 Å². The zero-order valence-corrected chi connectivity index (χ0v) is 9.52. The number of rotatable bonds is 0. The topological polar surface area (TPSA) is 12.0 Å². The Labute approximate surface area is 95.0 Å². The standard InChI is InChI=1S/C13H15NS/c1-2-7-13-10-14-8-9-15-12(13)6-3-5-11(13)4-1/h1-6,14H,7-10H2. The fourth-order valence-electron chi connectivity index (χ4n) is 2.56. The molecule has 1 saturated heterocycles. The van der Waals surface area contributed by atoms with E-state index in [2.05, 4.69) is 41.8 Å². The number of hydrogen-bond acceptors (Lipinski definition) is 2. The lowest BCUT2D eigenvalue weighted by molar-refractivity contribution is 0.431. The molecule has 3 aliphatic rings. The Morgan fingerprint density at radius 1 is 1.27 bits per heavy atom. The summed E-state index contributed by atoms with van der Waals surface area (Å²) in [6, 6.07) is 0. The van der Waals surface area contributed by atoms with Gasteiger partial charge in [0.2, 0.25) is 0 Å². The highest BCUT2D eigenvalue weighted by Gasteiger charge is 2.39. The molecular weight excluding hydrogens is 202 g/mol. The van der Waals surface area contributed by atoms with E-state index in [9.17, 15) is 0 Å². The van der Waals surface area contributed by atoms with Crippen LogP contribution in [0.2, 0.25) is 0 Å². The lowest BCUT2D eigenvalue weighted by atomic mass is 9.72. The summed E-state index contributed by atoms with van der Waals surface area (Å²) < 4.78 is 0. The first-order valence-electron chi connectivity index (χ1n) is 5.51. The minimum absolute atomic E-state index is 0.255. The van der Waals surface area contributed by atoms with Crippen LogP contribution >= 0.6 is 11.8 Å². The largest absolute Gasteiger partial charge is 0.315 e. The van der Waals surface area contributed by atoms with Gasteiger partial charge < -0.3 is 5.32 Å². The van der Waals surface area contributed by atoms with Crippen LogP contribution in [0.4, 0.5) is 0 Å². The molecule has 1 spiro atoms. The number of thioether (sulfide) groups is 1. The highest BCUT2D eigenvalue weighted by Crippen LogP contribution is 2.49. The summed E-state index contributed by atoms with van der Waals surface area (Å²) in [5, 5.41) is 3.57. The van der Waals surface area contributed by atoms with E-state index in [1.165, 1.54) is 11.3 Å². The van der Waals surface area contributed by atoms with E-state index in [1.807, 2.05) is 11.8 Å². The van der Waals surface area contributed by atoms with Gasteiger partial charge in [-0.1, -0.05) is 36.5 Å². The molecule has 78 valence electrons. The Hall–Kier alpha value is -0.730. The first-order valence-corrected chi connectivity index (χ1v) is 6.50. The third kappa shape index (κ3) is 1.44. The molecule has 0 bridgehead atoms.